The minimum atomic E-state index is -0.463. The van der Waals surface area contributed by atoms with E-state index in [0.717, 1.165) is 12.8 Å². The molecule has 0 spiro atoms. The van der Waals surface area contributed by atoms with E-state index in [2.05, 4.69) is 0 Å². The Labute approximate surface area is 97.1 Å². The Morgan fingerprint density at radius 2 is 1.94 bits per heavy atom. The van der Waals surface area contributed by atoms with Crippen molar-refractivity contribution in [1.29, 1.82) is 0 Å². The lowest BCUT2D eigenvalue weighted by Gasteiger charge is -2.28. The maximum Gasteiger partial charge on any atom is 0.410 e. The molecule has 4 N–H and O–H groups in total. The summed E-state index contributed by atoms with van der Waals surface area (Å²) in [5, 5.41) is 0. The molecule has 0 aromatic rings. The zero-order valence-electron chi connectivity index (χ0n) is 10.4. The van der Waals surface area contributed by atoms with Crippen molar-refractivity contribution in [3.8, 4) is 0 Å². The molecule has 1 fully saturated rings. The lowest BCUT2D eigenvalue weighted by Crippen LogP contribution is -2.48. The van der Waals surface area contributed by atoms with Gasteiger partial charge in [0.25, 0.3) is 0 Å². The summed E-state index contributed by atoms with van der Waals surface area (Å²) < 4.78 is 5.31. The Bertz CT molecular complexity index is 250. The number of carbonyl (C=O) groups excluding carboxylic acids is 1. The van der Waals surface area contributed by atoms with E-state index in [1.54, 1.807) is 4.90 Å². The maximum absolute atomic E-state index is 11.8. The minimum absolute atomic E-state index is 0.0209. The molecule has 0 aromatic carbocycles. The van der Waals surface area contributed by atoms with Gasteiger partial charge in [-0.25, -0.2) is 4.79 Å². The summed E-state index contributed by atoms with van der Waals surface area (Å²) >= 11 is 0. The third-order valence-corrected chi connectivity index (χ3v) is 2.60. The van der Waals surface area contributed by atoms with Crippen LogP contribution in [0.25, 0.3) is 0 Å². The number of amides is 1. The van der Waals surface area contributed by atoms with Crippen LogP contribution in [0.3, 0.4) is 0 Å². The van der Waals surface area contributed by atoms with Crippen LogP contribution >= 0.6 is 0 Å². The van der Waals surface area contributed by atoms with E-state index in [0.29, 0.717) is 13.1 Å². The van der Waals surface area contributed by atoms with Gasteiger partial charge < -0.3 is 21.1 Å². The number of nitrogens with zero attached hydrogens (tertiary/aromatic N) is 1. The zero-order valence-corrected chi connectivity index (χ0v) is 10.4. The summed E-state index contributed by atoms with van der Waals surface area (Å²) in [6, 6.07) is -0.178. The molecule has 5 nitrogen and oxygen atoms in total. The SMILES string of the molecule is CC(C)(C)OC(=O)N1CCCC(N)C(N)C1. The molecule has 16 heavy (non-hydrogen) atoms. The summed E-state index contributed by atoms with van der Waals surface area (Å²) in [6.07, 6.45) is 1.45. The van der Waals surface area contributed by atoms with E-state index < -0.39 is 5.60 Å². The highest BCUT2D eigenvalue weighted by Gasteiger charge is 2.27. The maximum atomic E-state index is 11.8. The van der Waals surface area contributed by atoms with Crippen molar-refractivity contribution in [3.63, 3.8) is 0 Å². The van der Waals surface area contributed by atoms with Crippen molar-refractivity contribution >= 4 is 6.09 Å². The van der Waals surface area contributed by atoms with Gasteiger partial charge in [-0.2, -0.15) is 0 Å². The highest BCUT2D eigenvalue weighted by molar-refractivity contribution is 5.68. The van der Waals surface area contributed by atoms with Crippen molar-refractivity contribution in [2.45, 2.75) is 51.3 Å². The lowest BCUT2D eigenvalue weighted by molar-refractivity contribution is 0.0249. The average Bonchev–Trinajstić information content (AvgIpc) is 2.27. The molecule has 94 valence electrons. The Hall–Kier alpha value is -0.810. The van der Waals surface area contributed by atoms with Gasteiger partial charge >= 0.3 is 6.09 Å². The number of ether oxygens (including phenoxy) is 1. The standard InChI is InChI=1S/C11H23N3O2/c1-11(2,3)16-10(15)14-6-4-5-8(12)9(13)7-14/h8-9H,4-7,12-13H2,1-3H3. The topological polar surface area (TPSA) is 81.6 Å². The first kappa shape index (κ1) is 13.3. The van der Waals surface area contributed by atoms with E-state index in [9.17, 15) is 4.79 Å². The van der Waals surface area contributed by atoms with E-state index in [1.165, 1.54) is 0 Å². The van der Waals surface area contributed by atoms with Gasteiger partial charge in [0.2, 0.25) is 0 Å². The summed E-state index contributed by atoms with van der Waals surface area (Å²) in [7, 11) is 0. The van der Waals surface area contributed by atoms with Gasteiger partial charge in [0.15, 0.2) is 0 Å². The molecule has 1 saturated heterocycles. The Morgan fingerprint density at radius 3 is 2.50 bits per heavy atom. The molecule has 2 atom stereocenters. The molecule has 2 unspecified atom stereocenters. The van der Waals surface area contributed by atoms with Crippen LogP contribution < -0.4 is 11.5 Å². The number of hydrogen-bond donors (Lipinski definition) is 2. The van der Waals surface area contributed by atoms with Gasteiger partial charge in [0, 0.05) is 25.2 Å². The Morgan fingerprint density at radius 1 is 1.31 bits per heavy atom. The van der Waals surface area contributed by atoms with E-state index >= 15 is 0 Å². The highest BCUT2D eigenvalue weighted by Crippen LogP contribution is 2.14. The molecular weight excluding hydrogens is 206 g/mol. The van der Waals surface area contributed by atoms with Crippen LogP contribution in [0.4, 0.5) is 4.79 Å². The van der Waals surface area contributed by atoms with Crippen LogP contribution in [-0.4, -0.2) is 41.8 Å². The summed E-state index contributed by atoms with van der Waals surface area (Å²) in [5.74, 6) is 0. The van der Waals surface area contributed by atoms with Crippen LogP contribution in [0.5, 0.6) is 0 Å². The quantitative estimate of drug-likeness (QED) is 0.639. The normalized spacial score (nSPS) is 27.4. The first-order valence-electron chi connectivity index (χ1n) is 5.78. The average molecular weight is 229 g/mol. The van der Waals surface area contributed by atoms with Gasteiger partial charge in [0.1, 0.15) is 5.60 Å². The number of nitrogens with two attached hydrogens (primary N) is 2. The molecule has 0 aliphatic carbocycles. The smallest absolute Gasteiger partial charge is 0.410 e. The lowest BCUT2D eigenvalue weighted by atomic mass is 10.1. The molecule has 1 aliphatic rings. The second-order valence-corrected chi connectivity index (χ2v) is 5.40. The predicted molar refractivity (Wildman–Crippen MR) is 63.0 cm³/mol. The van der Waals surface area contributed by atoms with E-state index in [-0.39, 0.29) is 18.2 Å². The third kappa shape index (κ3) is 3.98. The molecule has 1 rings (SSSR count). The van der Waals surface area contributed by atoms with Crippen LogP contribution in [0, 0.1) is 0 Å². The zero-order chi connectivity index (χ0) is 12.3. The summed E-state index contributed by atoms with van der Waals surface area (Å²) in [6.45, 7) is 6.73. The molecule has 0 radical (unpaired) electrons. The first-order chi connectivity index (χ1) is 7.29. The molecule has 0 saturated carbocycles. The fourth-order valence-corrected chi connectivity index (χ4v) is 1.71. The summed E-state index contributed by atoms with van der Waals surface area (Å²) in [5.41, 5.74) is 11.3. The number of hydrogen-bond acceptors (Lipinski definition) is 4. The highest BCUT2D eigenvalue weighted by atomic mass is 16.6. The van der Waals surface area contributed by atoms with Crippen molar-refractivity contribution in [1.82, 2.24) is 4.90 Å². The van der Waals surface area contributed by atoms with Gasteiger partial charge in [-0.3, -0.25) is 0 Å². The van der Waals surface area contributed by atoms with E-state index in [4.69, 9.17) is 16.2 Å². The molecule has 0 bridgehead atoms. The van der Waals surface area contributed by atoms with Crippen molar-refractivity contribution in [2.75, 3.05) is 13.1 Å². The second kappa shape index (κ2) is 5.01. The fourth-order valence-electron chi connectivity index (χ4n) is 1.71. The number of rotatable bonds is 0. The van der Waals surface area contributed by atoms with Crippen molar-refractivity contribution in [3.05, 3.63) is 0 Å². The van der Waals surface area contributed by atoms with Crippen LogP contribution in [0.15, 0.2) is 0 Å². The molecular formula is C11H23N3O2. The van der Waals surface area contributed by atoms with Crippen molar-refractivity contribution < 1.29 is 9.53 Å². The fraction of sp³-hybridized carbons (Fsp3) is 0.909. The molecule has 1 amide bonds. The van der Waals surface area contributed by atoms with Crippen LogP contribution in [0.1, 0.15) is 33.6 Å². The Balaban J connectivity index is 2.56. The van der Waals surface area contributed by atoms with Gasteiger partial charge in [-0.1, -0.05) is 0 Å². The Kier molecular flexibility index (Phi) is 4.15. The molecule has 0 aromatic heterocycles. The second-order valence-electron chi connectivity index (χ2n) is 5.40. The monoisotopic (exact) mass is 229 g/mol. The molecule has 5 heteroatoms. The number of carbonyl (C=O) groups is 1. The van der Waals surface area contributed by atoms with E-state index in [1.807, 2.05) is 20.8 Å². The third-order valence-electron chi connectivity index (χ3n) is 2.60. The predicted octanol–water partition coefficient (Wildman–Crippen LogP) is 0.672. The minimum Gasteiger partial charge on any atom is -0.444 e. The van der Waals surface area contributed by atoms with Gasteiger partial charge in [-0.15, -0.1) is 0 Å². The van der Waals surface area contributed by atoms with Gasteiger partial charge in [-0.05, 0) is 33.6 Å². The number of likely N-dealkylation sites (tertiary alicyclic amines) is 1. The summed E-state index contributed by atoms with van der Waals surface area (Å²) in [4.78, 5) is 13.5. The van der Waals surface area contributed by atoms with Gasteiger partial charge in [0.05, 0.1) is 0 Å². The van der Waals surface area contributed by atoms with Crippen LogP contribution in [0.2, 0.25) is 0 Å². The largest absolute Gasteiger partial charge is 0.444 e. The van der Waals surface area contributed by atoms with Crippen molar-refractivity contribution in [2.24, 2.45) is 11.5 Å². The first-order valence-corrected chi connectivity index (χ1v) is 5.78. The molecule has 1 aliphatic heterocycles. The molecule has 1 heterocycles. The van der Waals surface area contributed by atoms with Crippen LogP contribution in [-0.2, 0) is 4.74 Å².